The molecule has 2 N–H and O–H groups in total. The third kappa shape index (κ3) is 4.99. The van der Waals surface area contributed by atoms with Crippen LogP contribution in [0.1, 0.15) is 26.3 Å². The van der Waals surface area contributed by atoms with Gasteiger partial charge >= 0.3 is 0 Å². The number of methoxy groups -OCH3 is 1. The first-order valence-electron chi connectivity index (χ1n) is 7.07. The van der Waals surface area contributed by atoms with Crippen molar-refractivity contribution in [1.82, 2.24) is 10.6 Å². The lowest BCUT2D eigenvalue weighted by atomic mass is 10.2. The van der Waals surface area contributed by atoms with Gasteiger partial charge in [-0.3, -0.25) is 0 Å². The summed E-state index contributed by atoms with van der Waals surface area (Å²) in [7, 11) is 1.64. The second kappa shape index (κ2) is 9.07. The largest absolute Gasteiger partial charge is 0.493 e. The molecule has 0 aliphatic heterocycles. The van der Waals surface area contributed by atoms with Gasteiger partial charge in [-0.2, -0.15) is 0 Å². The topological polar surface area (TPSA) is 54.9 Å². The molecule has 0 radical (unpaired) electrons. The number of benzene rings is 1. The molecule has 0 amide bonds. The second-order valence-electron chi connectivity index (χ2n) is 4.14. The van der Waals surface area contributed by atoms with E-state index >= 15 is 0 Å². The minimum absolute atomic E-state index is 0.597. The van der Waals surface area contributed by atoms with Gasteiger partial charge in [-0.15, -0.1) is 0 Å². The molecule has 0 saturated carbocycles. The normalized spacial score (nSPS) is 9.80. The van der Waals surface area contributed by atoms with Gasteiger partial charge in [0.2, 0.25) is 0 Å². The molecule has 0 atom stereocenters. The highest BCUT2D eigenvalue weighted by Gasteiger charge is 2.05. The monoisotopic (exact) mass is 279 g/mol. The molecule has 112 valence electrons. The van der Waals surface area contributed by atoms with Gasteiger partial charge in [0.25, 0.3) is 0 Å². The van der Waals surface area contributed by atoms with Crippen molar-refractivity contribution in [3.63, 3.8) is 0 Å². The molecule has 0 aliphatic rings. The fraction of sp³-hybridized carbons (Fsp3) is 0.533. The Kier molecular flexibility index (Phi) is 7.32. The van der Waals surface area contributed by atoms with E-state index in [0.717, 1.165) is 36.1 Å². The molecular formula is C15H25N3O2. The lowest BCUT2D eigenvalue weighted by Crippen LogP contribution is -2.36. The van der Waals surface area contributed by atoms with Crippen LogP contribution >= 0.6 is 0 Å². The van der Waals surface area contributed by atoms with Crippen LogP contribution in [-0.2, 0) is 6.54 Å². The smallest absolute Gasteiger partial charge is 0.191 e. The molecule has 0 fully saturated rings. The molecule has 5 nitrogen and oxygen atoms in total. The van der Waals surface area contributed by atoms with Crippen LogP contribution in [0.15, 0.2) is 23.2 Å². The third-order valence-electron chi connectivity index (χ3n) is 2.64. The fourth-order valence-corrected chi connectivity index (χ4v) is 1.77. The van der Waals surface area contributed by atoms with Crippen LogP contribution in [0.5, 0.6) is 11.5 Å². The summed E-state index contributed by atoms with van der Waals surface area (Å²) in [6.45, 7) is 8.96. The van der Waals surface area contributed by atoms with Crippen LogP contribution < -0.4 is 20.1 Å². The zero-order valence-electron chi connectivity index (χ0n) is 12.8. The van der Waals surface area contributed by atoms with Crippen LogP contribution in [-0.4, -0.2) is 32.8 Å². The van der Waals surface area contributed by atoms with Gasteiger partial charge in [0.05, 0.1) is 20.3 Å². The van der Waals surface area contributed by atoms with Crippen molar-refractivity contribution in [2.45, 2.75) is 27.3 Å². The van der Waals surface area contributed by atoms with E-state index in [2.05, 4.69) is 15.6 Å². The highest BCUT2D eigenvalue weighted by molar-refractivity contribution is 5.79. The first-order valence-corrected chi connectivity index (χ1v) is 7.07. The summed E-state index contributed by atoms with van der Waals surface area (Å²) in [6, 6.07) is 5.89. The Balaban J connectivity index is 2.80. The van der Waals surface area contributed by atoms with E-state index in [-0.39, 0.29) is 0 Å². The maximum Gasteiger partial charge on any atom is 0.191 e. The third-order valence-corrected chi connectivity index (χ3v) is 2.64. The zero-order chi connectivity index (χ0) is 14.8. The number of hydrogen-bond acceptors (Lipinski definition) is 3. The first-order chi connectivity index (χ1) is 9.74. The highest BCUT2D eigenvalue weighted by Crippen LogP contribution is 2.28. The Hall–Kier alpha value is -1.91. The average Bonchev–Trinajstić information content (AvgIpc) is 2.46. The van der Waals surface area contributed by atoms with Crippen molar-refractivity contribution in [2.24, 2.45) is 4.99 Å². The van der Waals surface area contributed by atoms with Crippen LogP contribution in [0.25, 0.3) is 0 Å². The molecule has 0 saturated heterocycles. The lowest BCUT2D eigenvalue weighted by Gasteiger charge is -2.11. The van der Waals surface area contributed by atoms with E-state index in [4.69, 9.17) is 9.47 Å². The van der Waals surface area contributed by atoms with Gasteiger partial charge < -0.3 is 20.1 Å². The number of ether oxygens (including phenoxy) is 2. The van der Waals surface area contributed by atoms with Crippen molar-refractivity contribution in [3.05, 3.63) is 23.8 Å². The number of nitrogens with zero attached hydrogens (tertiary/aromatic N) is 1. The van der Waals surface area contributed by atoms with Crippen LogP contribution in [0.2, 0.25) is 0 Å². The quantitative estimate of drug-likeness (QED) is 0.593. The fourth-order valence-electron chi connectivity index (χ4n) is 1.77. The molecular weight excluding hydrogens is 254 g/mol. The van der Waals surface area contributed by atoms with Crippen LogP contribution in [0.4, 0.5) is 0 Å². The highest BCUT2D eigenvalue weighted by atomic mass is 16.5. The van der Waals surface area contributed by atoms with E-state index in [1.165, 1.54) is 0 Å². The molecule has 0 bridgehead atoms. The Bertz CT molecular complexity index is 425. The number of hydrogen-bond donors (Lipinski definition) is 2. The van der Waals surface area contributed by atoms with Crippen LogP contribution in [0, 0.1) is 0 Å². The van der Waals surface area contributed by atoms with Crippen molar-refractivity contribution in [2.75, 3.05) is 26.8 Å². The summed E-state index contributed by atoms with van der Waals surface area (Å²) in [5.74, 6) is 2.33. The predicted molar refractivity (Wildman–Crippen MR) is 82.7 cm³/mol. The summed E-state index contributed by atoms with van der Waals surface area (Å²) in [5.41, 5.74) is 1.09. The van der Waals surface area contributed by atoms with Gasteiger partial charge in [-0.05, 0) is 38.5 Å². The predicted octanol–water partition coefficient (Wildman–Crippen LogP) is 2.17. The molecule has 5 heteroatoms. The maximum absolute atomic E-state index is 5.57. The van der Waals surface area contributed by atoms with Gasteiger partial charge in [0.1, 0.15) is 0 Å². The summed E-state index contributed by atoms with van der Waals surface area (Å²) in [4.78, 5) is 4.53. The first kappa shape index (κ1) is 16.1. The molecule has 0 spiro atoms. The van der Waals surface area contributed by atoms with Crippen molar-refractivity contribution >= 4 is 5.96 Å². The van der Waals surface area contributed by atoms with E-state index in [0.29, 0.717) is 13.2 Å². The van der Waals surface area contributed by atoms with Gasteiger partial charge in [-0.1, -0.05) is 6.07 Å². The molecule has 1 rings (SSSR count). The summed E-state index contributed by atoms with van der Waals surface area (Å²) >= 11 is 0. The molecule has 0 aliphatic carbocycles. The average molecular weight is 279 g/mol. The van der Waals surface area contributed by atoms with E-state index in [1.807, 2.05) is 39.0 Å². The summed E-state index contributed by atoms with van der Waals surface area (Å²) < 4.78 is 10.8. The minimum Gasteiger partial charge on any atom is -0.493 e. The number of guanidine groups is 1. The van der Waals surface area contributed by atoms with Gasteiger partial charge in [-0.25, -0.2) is 4.99 Å². The SMILES string of the molecule is CCNC(=NCc1ccc(OC)c(OCC)c1)NCC. The van der Waals surface area contributed by atoms with Crippen molar-refractivity contribution in [3.8, 4) is 11.5 Å². The number of rotatable bonds is 7. The molecule has 0 unspecified atom stereocenters. The number of nitrogens with one attached hydrogen (secondary N) is 2. The summed E-state index contributed by atoms with van der Waals surface area (Å²) in [5, 5.41) is 6.40. The van der Waals surface area contributed by atoms with Gasteiger partial charge in [0.15, 0.2) is 17.5 Å². The van der Waals surface area contributed by atoms with Crippen LogP contribution in [0.3, 0.4) is 0 Å². The molecule has 0 heterocycles. The zero-order valence-corrected chi connectivity index (χ0v) is 12.8. The maximum atomic E-state index is 5.57. The van der Waals surface area contributed by atoms with Crippen molar-refractivity contribution in [1.29, 1.82) is 0 Å². The Morgan fingerprint density at radius 1 is 1.10 bits per heavy atom. The van der Waals surface area contributed by atoms with Crippen molar-refractivity contribution < 1.29 is 9.47 Å². The standard InChI is InChI=1S/C15H25N3O2/c1-5-16-15(17-6-2)18-11-12-8-9-13(19-4)14(10-12)20-7-3/h8-10H,5-7,11H2,1-4H3,(H2,16,17,18). The second-order valence-corrected chi connectivity index (χ2v) is 4.14. The molecule has 1 aromatic carbocycles. The molecule has 1 aromatic rings. The number of aliphatic imine (C=N–C) groups is 1. The minimum atomic E-state index is 0.597. The molecule has 20 heavy (non-hydrogen) atoms. The van der Waals surface area contributed by atoms with E-state index in [9.17, 15) is 0 Å². The Morgan fingerprint density at radius 3 is 2.35 bits per heavy atom. The van der Waals surface area contributed by atoms with Gasteiger partial charge in [0, 0.05) is 13.1 Å². The van der Waals surface area contributed by atoms with E-state index in [1.54, 1.807) is 7.11 Å². The summed E-state index contributed by atoms with van der Waals surface area (Å²) in [6.07, 6.45) is 0. The lowest BCUT2D eigenvalue weighted by molar-refractivity contribution is 0.310. The molecule has 0 aromatic heterocycles. The Morgan fingerprint density at radius 2 is 1.80 bits per heavy atom. The Labute approximate surface area is 121 Å². The van der Waals surface area contributed by atoms with E-state index < -0.39 is 0 Å².